The van der Waals surface area contributed by atoms with Gasteiger partial charge in [-0.2, -0.15) is 11.8 Å². The van der Waals surface area contributed by atoms with Gasteiger partial charge < -0.3 is 46.7 Å². The molecule has 1 aromatic carbocycles. The normalized spacial score (nSPS) is 22.9. The van der Waals surface area contributed by atoms with Gasteiger partial charge in [0.1, 0.15) is 42.4 Å². The second-order valence-corrected chi connectivity index (χ2v) is 15.6. The van der Waals surface area contributed by atoms with E-state index in [9.17, 15) is 38.4 Å². The van der Waals surface area contributed by atoms with Crippen molar-refractivity contribution in [2.75, 3.05) is 25.1 Å². The van der Waals surface area contributed by atoms with Crippen molar-refractivity contribution >= 4 is 59.3 Å². The van der Waals surface area contributed by atoms with Gasteiger partial charge in [0.15, 0.2) is 0 Å². The standard InChI is InChI=1S/C37H57N7O10S/c1-22(2)18-28-34(50)42-26(16-17-55-7)33(49)39-20-30(46)41-27(35(51)53-21-24-12-9-8-10-13-24)15-11-14-25(44-36(52)54-37(4,5)6)32(48)38-19-29(45)40-23(3)31(47)43-28/h8-10,12-13,22-23,25-28H,11,14-21H2,1-7H3,(H,38,48)(H,39,49)(H,40,45)(H,41,46)(H,42,50)(H,43,47)(H,44,52)/t23-,25+,26?,27-,28-/m0/s1. The molecule has 7 N–H and O–H groups in total. The number of rotatable bonds is 9. The van der Waals surface area contributed by atoms with Crippen LogP contribution < -0.4 is 37.2 Å². The minimum absolute atomic E-state index is 0.0379. The number of ether oxygens (including phenoxy) is 2. The van der Waals surface area contributed by atoms with Crippen LogP contribution in [0, 0.1) is 5.92 Å². The first-order valence-electron chi connectivity index (χ1n) is 18.3. The number of esters is 1. The molecule has 0 radical (unpaired) electrons. The molecule has 55 heavy (non-hydrogen) atoms. The highest BCUT2D eigenvalue weighted by atomic mass is 32.2. The molecule has 7 amide bonds. The fourth-order valence-electron chi connectivity index (χ4n) is 5.28. The fraction of sp³-hybridized carbons (Fsp3) is 0.622. The highest BCUT2D eigenvalue weighted by molar-refractivity contribution is 7.98. The Morgan fingerprint density at radius 1 is 0.836 bits per heavy atom. The number of hydrogen-bond donors (Lipinski definition) is 7. The lowest BCUT2D eigenvalue weighted by Crippen LogP contribution is -2.57. The third kappa shape index (κ3) is 18.3. The molecular formula is C37H57N7O10S. The average molecular weight is 792 g/mol. The van der Waals surface area contributed by atoms with Crippen LogP contribution in [0.25, 0.3) is 0 Å². The highest BCUT2D eigenvalue weighted by Gasteiger charge is 2.31. The van der Waals surface area contributed by atoms with E-state index < -0.39 is 96.4 Å². The van der Waals surface area contributed by atoms with Crippen molar-refractivity contribution in [1.82, 2.24) is 37.2 Å². The lowest BCUT2D eigenvalue weighted by molar-refractivity contribution is -0.149. The second-order valence-electron chi connectivity index (χ2n) is 14.6. The Bertz CT molecular complexity index is 1490. The van der Waals surface area contributed by atoms with E-state index in [2.05, 4.69) is 37.2 Å². The van der Waals surface area contributed by atoms with Gasteiger partial charge in [-0.15, -0.1) is 0 Å². The number of thioether (sulfide) groups is 1. The van der Waals surface area contributed by atoms with Gasteiger partial charge in [-0.25, -0.2) is 9.59 Å². The van der Waals surface area contributed by atoms with Gasteiger partial charge in [-0.3, -0.25) is 28.8 Å². The van der Waals surface area contributed by atoms with E-state index in [4.69, 9.17) is 9.47 Å². The van der Waals surface area contributed by atoms with Crippen molar-refractivity contribution in [1.29, 1.82) is 0 Å². The van der Waals surface area contributed by atoms with Crippen LogP contribution in [0.5, 0.6) is 0 Å². The number of carbonyl (C=O) groups is 8. The average Bonchev–Trinajstić information content (AvgIpc) is 3.11. The quantitative estimate of drug-likeness (QED) is 0.173. The predicted molar refractivity (Wildman–Crippen MR) is 205 cm³/mol. The molecule has 17 nitrogen and oxygen atoms in total. The minimum Gasteiger partial charge on any atom is -0.459 e. The lowest BCUT2D eigenvalue weighted by Gasteiger charge is -2.26. The summed E-state index contributed by atoms with van der Waals surface area (Å²) in [7, 11) is 0. The largest absolute Gasteiger partial charge is 0.459 e. The Morgan fingerprint density at radius 3 is 2.07 bits per heavy atom. The number of hydrogen-bond acceptors (Lipinski definition) is 11. The Hall–Kier alpha value is -4.87. The van der Waals surface area contributed by atoms with Gasteiger partial charge in [0, 0.05) is 0 Å². The van der Waals surface area contributed by atoms with Gasteiger partial charge in [0.2, 0.25) is 35.4 Å². The molecule has 306 valence electrons. The molecule has 1 heterocycles. The number of carbonyl (C=O) groups excluding carboxylic acids is 8. The third-order valence-electron chi connectivity index (χ3n) is 8.04. The molecule has 0 aromatic heterocycles. The molecule has 1 aromatic rings. The minimum atomic E-state index is -1.23. The van der Waals surface area contributed by atoms with Crippen LogP contribution >= 0.6 is 11.8 Å². The SMILES string of the molecule is CSCCC1NC(=O)[C@H](CC(C)C)NC(=O)[C@H](C)NC(=O)CNC(=O)[C@H](NC(=O)OC(C)(C)C)CCC[C@@H](C(=O)OCc2ccccc2)NC(=O)CNC1=O. The summed E-state index contributed by atoms with van der Waals surface area (Å²) >= 11 is 1.45. The predicted octanol–water partition coefficient (Wildman–Crippen LogP) is 0.798. The Kier molecular flexibility index (Phi) is 19.5. The summed E-state index contributed by atoms with van der Waals surface area (Å²) in [6.45, 7) is 8.86. The van der Waals surface area contributed by atoms with Crippen molar-refractivity contribution < 1.29 is 47.8 Å². The maximum absolute atomic E-state index is 13.5. The van der Waals surface area contributed by atoms with Crippen LogP contribution in [-0.4, -0.2) is 108 Å². The molecule has 0 spiro atoms. The van der Waals surface area contributed by atoms with Gasteiger partial charge in [0.25, 0.3) is 0 Å². The van der Waals surface area contributed by atoms with E-state index in [1.54, 1.807) is 51.1 Å². The molecule has 0 aliphatic carbocycles. The molecule has 5 atom stereocenters. The number of amides is 7. The number of nitrogens with one attached hydrogen (secondary N) is 7. The summed E-state index contributed by atoms with van der Waals surface area (Å²) in [6.07, 6.45) is 1.37. The first-order chi connectivity index (χ1) is 25.9. The fourth-order valence-corrected chi connectivity index (χ4v) is 5.76. The summed E-state index contributed by atoms with van der Waals surface area (Å²) in [4.78, 5) is 105. The Labute approximate surface area is 326 Å². The molecule has 18 heteroatoms. The van der Waals surface area contributed by atoms with E-state index in [0.717, 1.165) is 0 Å². The van der Waals surface area contributed by atoms with E-state index in [1.165, 1.54) is 18.7 Å². The second kappa shape index (κ2) is 23.1. The smallest absolute Gasteiger partial charge is 0.408 e. The molecule has 1 saturated heterocycles. The van der Waals surface area contributed by atoms with Crippen molar-refractivity contribution in [3.63, 3.8) is 0 Å². The molecule has 1 aliphatic heterocycles. The zero-order valence-electron chi connectivity index (χ0n) is 32.7. The lowest BCUT2D eigenvalue weighted by atomic mass is 10.0. The topological polar surface area (TPSA) is 239 Å². The Balaban J connectivity index is 2.41. The first kappa shape index (κ1) is 46.3. The van der Waals surface area contributed by atoms with E-state index in [0.29, 0.717) is 11.3 Å². The highest BCUT2D eigenvalue weighted by Crippen LogP contribution is 2.12. The van der Waals surface area contributed by atoms with Crippen LogP contribution in [0.2, 0.25) is 0 Å². The van der Waals surface area contributed by atoms with Crippen molar-refractivity contribution in [3.05, 3.63) is 35.9 Å². The van der Waals surface area contributed by atoms with Crippen LogP contribution in [0.1, 0.15) is 79.2 Å². The molecule has 1 aliphatic rings. The monoisotopic (exact) mass is 791 g/mol. The molecule has 2 rings (SSSR count). The number of benzene rings is 1. The molecule has 0 bridgehead atoms. The van der Waals surface area contributed by atoms with E-state index in [1.807, 2.05) is 20.1 Å². The molecule has 1 fully saturated rings. The summed E-state index contributed by atoms with van der Waals surface area (Å²) in [5.74, 6) is -4.49. The maximum atomic E-state index is 13.5. The van der Waals surface area contributed by atoms with E-state index in [-0.39, 0.29) is 44.6 Å². The molecule has 0 saturated carbocycles. The summed E-state index contributed by atoms with van der Waals surface area (Å²) in [5, 5.41) is 17.9. The van der Waals surface area contributed by atoms with Gasteiger partial charge in [-0.1, -0.05) is 44.2 Å². The van der Waals surface area contributed by atoms with Crippen molar-refractivity contribution in [3.8, 4) is 0 Å². The van der Waals surface area contributed by atoms with Crippen molar-refractivity contribution in [2.45, 2.75) is 116 Å². The third-order valence-corrected chi connectivity index (χ3v) is 8.68. The van der Waals surface area contributed by atoms with Crippen molar-refractivity contribution in [2.24, 2.45) is 5.92 Å². The van der Waals surface area contributed by atoms with E-state index >= 15 is 0 Å². The summed E-state index contributed by atoms with van der Waals surface area (Å²) in [6, 6.07) is 3.20. The summed E-state index contributed by atoms with van der Waals surface area (Å²) < 4.78 is 10.8. The van der Waals surface area contributed by atoms with Crippen LogP contribution in [0.4, 0.5) is 4.79 Å². The zero-order valence-corrected chi connectivity index (χ0v) is 33.5. The van der Waals surface area contributed by atoms with Gasteiger partial charge in [-0.05, 0) is 83.3 Å². The zero-order chi connectivity index (χ0) is 41.1. The Morgan fingerprint density at radius 2 is 1.45 bits per heavy atom. The molecular weight excluding hydrogens is 735 g/mol. The number of alkyl carbamates (subject to hydrolysis) is 1. The first-order valence-corrected chi connectivity index (χ1v) is 19.7. The maximum Gasteiger partial charge on any atom is 0.408 e. The van der Waals surface area contributed by atoms with Crippen LogP contribution in [0.15, 0.2) is 30.3 Å². The molecule has 1 unspecified atom stereocenters. The van der Waals surface area contributed by atoms with Gasteiger partial charge >= 0.3 is 12.1 Å². The van der Waals surface area contributed by atoms with Gasteiger partial charge in [0.05, 0.1) is 13.1 Å². The van der Waals surface area contributed by atoms with Crippen LogP contribution in [0.3, 0.4) is 0 Å². The van der Waals surface area contributed by atoms with Crippen LogP contribution in [-0.2, 0) is 49.6 Å². The summed E-state index contributed by atoms with van der Waals surface area (Å²) in [5.41, 5.74) is -0.183.